The maximum atomic E-state index is 12.1. The van der Waals surface area contributed by atoms with E-state index in [1.165, 1.54) is 0 Å². The van der Waals surface area contributed by atoms with Crippen molar-refractivity contribution in [2.75, 3.05) is 12.3 Å². The monoisotopic (exact) mass is 297 g/mol. The lowest BCUT2D eigenvalue weighted by atomic mass is 9.89. The third-order valence-corrected chi connectivity index (χ3v) is 6.48. The second-order valence-corrected chi connectivity index (χ2v) is 7.98. The Morgan fingerprint density at radius 2 is 1.95 bits per heavy atom. The first-order valence-corrected chi connectivity index (χ1v) is 8.83. The van der Waals surface area contributed by atoms with Crippen molar-refractivity contribution >= 4 is 9.84 Å². The van der Waals surface area contributed by atoms with Crippen LogP contribution in [0.4, 0.5) is 0 Å². The summed E-state index contributed by atoms with van der Waals surface area (Å²) in [5.74, 6) is -0.145. The van der Waals surface area contributed by atoms with Crippen LogP contribution in [0.1, 0.15) is 36.3 Å². The van der Waals surface area contributed by atoms with Crippen LogP contribution in [-0.4, -0.2) is 37.2 Å². The first kappa shape index (κ1) is 15.5. The van der Waals surface area contributed by atoms with Crippen molar-refractivity contribution in [1.82, 2.24) is 0 Å². The van der Waals surface area contributed by atoms with E-state index in [9.17, 15) is 13.5 Å². The summed E-state index contributed by atoms with van der Waals surface area (Å²) in [5, 5.41) is 9.86. The minimum absolute atomic E-state index is 0.180. The average Bonchev–Trinajstić information content (AvgIpc) is 2.41. The Hall–Kier alpha value is -0.910. The Morgan fingerprint density at radius 1 is 1.30 bits per heavy atom. The highest BCUT2D eigenvalue weighted by Gasteiger charge is 2.38. The molecule has 5 heteroatoms. The van der Waals surface area contributed by atoms with Crippen LogP contribution in [-0.2, 0) is 9.84 Å². The SMILES string of the molecule is Cc1ccc(C(CN)C(O)C2CCCCS2(=O)=O)cc1. The number of nitrogens with two attached hydrogens (primary N) is 1. The molecule has 0 amide bonds. The maximum Gasteiger partial charge on any atom is 0.155 e. The Balaban J connectivity index is 2.24. The van der Waals surface area contributed by atoms with Crippen molar-refractivity contribution in [2.24, 2.45) is 5.73 Å². The molecule has 1 aromatic carbocycles. The third-order valence-electron chi connectivity index (χ3n) is 4.18. The first-order chi connectivity index (χ1) is 9.45. The van der Waals surface area contributed by atoms with Gasteiger partial charge in [-0.3, -0.25) is 0 Å². The second-order valence-electron chi connectivity index (χ2n) is 5.64. The van der Waals surface area contributed by atoms with E-state index < -0.39 is 21.2 Å². The summed E-state index contributed by atoms with van der Waals surface area (Å²) in [6, 6.07) is 7.76. The van der Waals surface area contributed by atoms with Crippen LogP contribution in [0.3, 0.4) is 0 Å². The van der Waals surface area contributed by atoms with Crippen molar-refractivity contribution in [2.45, 2.75) is 43.5 Å². The van der Waals surface area contributed by atoms with Gasteiger partial charge in [0.15, 0.2) is 9.84 Å². The maximum absolute atomic E-state index is 12.1. The van der Waals surface area contributed by atoms with Gasteiger partial charge in [0.1, 0.15) is 0 Å². The van der Waals surface area contributed by atoms with Gasteiger partial charge < -0.3 is 10.8 Å². The minimum atomic E-state index is -3.20. The Bertz CT molecular complexity index is 539. The molecule has 112 valence electrons. The molecule has 1 aliphatic heterocycles. The van der Waals surface area contributed by atoms with Gasteiger partial charge in [-0.05, 0) is 25.3 Å². The highest BCUT2D eigenvalue weighted by Crippen LogP contribution is 2.30. The second kappa shape index (κ2) is 6.24. The van der Waals surface area contributed by atoms with Gasteiger partial charge in [-0.15, -0.1) is 0 Å². The summed E-state index contributed by atoms with van der Waals surface area (Å²) < 4.78 is 24.3. The molecular formula is C15H23NO3S. The van der Waals surface area contributed by atoms with Gasteiger partial charge in [0.2, 0.25) is 0 Å². The van der Waals surface area contributed by atoms with Crippen molar-refractivity contribution in [3.63, 3.8) is 0 Å². The highest BCUT2D eigenvalue weighted by molar-refractivity contribution is 7.92. The zero-order valence-corrected chi connectivity index (χ0v) is 12.6. The van der Waals surface area contributed by atoms with Crippen molar-refractivity contribution in [1.29, 1.82) is 0 Å². The molecule has 0 spiro atoms. The van der Waals surface area contributed by atoms with E-state index in [2.05, 4.69) is 0 Å². The van der Waals surface area contributed by atoms with Gasteiger partial charge in [0, 0.05) is 12.5 Å². The van der Waals surface area contributed by atoms with Crippen molar-refractivity contribution in [3.05, 3.63) is 35.4 Å². The molecule has 4 nitrogen and oxygen atoms in total. The quantitative estimate of drug-likeness (QED) is 0.879. The highest BCUT2D eigenvalue weighted by atomic mass is 32.2. The number of hydrogen-bond acceptors (Lipinski definition) is 4. The summed E-state index contributed by atoms with van der Waals surface area (Å²) in [6.45, 7) is 2.24. The zero-order chi connectivity index (χ0) is 14.8. The van der Waals surface area contributed by atoms with E-state index in [0.29, 0.717) is 12.8 Å². The zero-order valence-electron chi connectivity index (χ0n) is 11.8. The molecule has 3 unspecified atom stereocenters. The van der Waals surface area contributed by atoms with E-state index in [4.69, 9.17) is 5.73 Å². The molecule has 1 fully saturated rings. The molecule has 1 saturated heterocycles. The van der Waals surface area contributed by atoms with Gasteiger partial charge in [0.25, 0.3) is 0 Å². The molecule has 2 rings (SSSR count). The summed E-state index contributed by atoms with van der Waals surface area (Å²) in [7, 11) is -3.20. The normalized spacial score (nSPS) is 25.1. The lowest BCUT2D eigenvalue weighted by Crippen LogP contribution is -2.43. The standard InChI is InChI=1S/C15H23NO3S/c1-11-5-7-12(8-6-11)13(10-16)15(17)14-4-2-3-9-20(14,18)19/h5-8,13-15,17H,2-4,9-10,16H2,1H3. The molecule has 0 bridgehead atoms. The minimum Gasteiger partial charge on any atom is -0.391 e. The number of hydrogen-bond donors (Lipinski definition) is 2. The molecule has 1 aromatic rings. The topological polar surface area (TPSA) is 80.4 Å². The van der Waals surface area contributed by atoms with E-state index >= 15 is 0 Å². The van der Waals surface area contributed by atoms with Crippen LogP contribution >= 0.6 is 0 Å². The Labute approximate surface area is 120 Å². The van der Waals surface area contributed by atoms with Gasteiger partial charge in [-0.1, -0.05) is 36.2 Å². The number of aliphatic hydroxyl groups is 1. The van der Waals surface area contributed by atoms with Crippen LogP contribution in [0.15, 0.2) is 24.3 Å². The molecule has 1 aliphatic rings. The molecule has 0 saturated carbocycles. The third kappa shape index (κ3) is 3.22. The van der Waals surface area contributed by atoms with Crippen LogP contribution in [0.2, 0.25) is 0 Å². The van der Waals surface area contributed by atoms with Crippen LogP contribution in [0.5, 0.6) is 0 Å². The number of rotatable bonds is 4. The van der Waals surface area contributed by atoms with E-state index in [1.54, 1.807) is 0 Å². The molecule has 0 aliphatic carbocycles. The summed E-state index contributed by atoms with van der Waals surface area (Å²) in [4.78, 5) is 0. The smallest absolute Gasteiger partial charge is 0.155 e. The number of sulfone groups is 1. The summed E-state index contributed by atoms with van der Waals surface area (Å²) in [5.41, 5.74) is 7.82. The predicted molar refractivity (Wildman–Crippen MR) is 80.4 cm³/mol. The molecule has 3 N–H and O–H groups in total. The summed E-state index contributed by atoms with van der Waals surface area (Å²) in [6.07, 6.45) is 1.16. The lowest BCUT2D eigenvalue weighted by Gasteiger charge is -2.31. The Morgan fingerprint density at radius 3 is 2.50 bits per heavy atom. The van der Waals surface area contributed by atoms with E-state index in [1.807, 2.05) is 31.2 Å². The predicted octanol–water partition coefficient (Wildman–Crippen LogP) is 1.37. The molecular weight excluding hydrogens is 274 g/mol. The fourth-order valence-electron chi connectivity index (χ4n) is 2.91. The van der Waals surface area contributed by atoms with E-state index in [0.717, 1.165) is 17.5 Å². The van der Waals surface area contributed by atoms with Gasteiger partial charge in [0.05, 0.1) is 17.1 Å². The number of aliphatic hydroxyl groups excluding tert-OH is 1. The lowest BCUT2D eigenvalue weighted by molar-refractivity contribution is 0.133. The Kier molecular flexibility index (Phi) is 4.83. The number of aryl methyl sites for hydroxylation is 1. The van der Waals surface area contributed by atoms with Gasteiger partial charge in [-0.25, -0.2) is 8.42 Å². The van der Waals surface area contributed by atoms with Gasteiger partial charge in [-0.2, -0.15) is 0 Å². The van der Waals surface area contributed by atoms with Crippen LogP contribution < -0.4 is 5.73 Å². The van der Waals surface area contributed by atoms with Crippen molar-refractivity contribution < 1.29 is 13.5 Å². The van der Waals surface area contributed by atoms with E-state index in [-0.39, 0.29) is 18.2 Å². The molecule has 1 heterocycles. The molecule has 20 heavy (non-hydrogen) atoms. The fourth-order valence-corrected chi connectivity index (χ4v) is 4.96. The molecule has 0 radical (unpaired) electrons. The molecule has 0 aromatic heterocycles. The number of benzene rings is 1. The van der Waals surface area contributed by atoms with Crippen molar-refractivity contribution in [3.8, 4) is 0 Å². The average molecular weight is 297 g/mol. The van der Waals surface area contributed by atoms with Gasteiger partial charge >= 0.3 is 0 Å². The fraction of sp³-hybridized carbons (Fsp3) is 0.600. The molecule has 3 atom stereocenters. The van der Waals surface area contributed by atoms with Crippen LogP contribution in [0.25, 0.3) is 0 Å². The van der Waals surface area contributed by atoms with Crippen LogP contribution in [0, 0.1) is 6.92 Å². The first-order valence-electron chi connectivity index (χ1n) is 7.12. The largest absolute Gasteiger partial charge is 0.391 e. The summed E-state index contributed by atoms with van der Waals surface area (Å²) >= 11 is 0.